The van der Waals surface area contributed by atoms with E-state index in [1.54, 1.807) is 0 Å². The summed E-state index contributed by atoms with van der Waals surface area (Å²) in [7, 11) is 0. The van der Waals surface area contributed by atoms with Crippen molar-refractivity contribution in [1.29, 1.82) is 0 Å². The standard InChI is InChI=1S/C14H20N2/c1-2-9-16-14(10-15)13-7-5-12(6-8-13)11-3-4-11/h2,5-8,11,14,16H,1,3-4,9-10,15H2. The fourth-order valence-electron chi connectivity index (χ4n) is 1.98. The molecule has 16 heavy (non-hydrogen) atoms. The van der Waals surface area contributed by atoms with E-state index in [1.165, 1.54) is 24.0 Å². The van der Waals surface area contributed by atoms with E-state index in [4.69, 9.17) is 5.73 Å². The zero-order chi connectivity index (χ0) is 11.4. The van der Waals surface area contributed by atoms with Crippen LogP contribution in [0.15, 0.2) is 36.9 Å². The summed E-state index contributed by atoms with van der Waals surface area (Å²) in [6.45, 7) is 5.12. The van der Waals surface area contributed by atoms with Crippen molar-refractivity contribution in [2.45, 2.75) is 24.8 Å². The minimum absolute atomic E-state index is 0.242. The van der Waals surface area contributed by atoms with Gasteiger partial charge in [0.25, 0.3) is 0 Å². The van der Waals surface area contributed by atoms with Crippen LogP contribution >= 0.6 is 0 Å². The molecule has 3 N–H and O–H groups in total. The molecule has 1 atom stereocenters. The Bertz CT molecular complexity index is 338. The van der Waals surface area contributed by atoms with E-state index >= 15 is 0 Å². The number of hydrogen-bond acceptors (Lipinski definition) is 2. The maximum atomic E-state index is 5.76. The van der Waals surface area contributed by atoms with Crippen molar-refractivity contribution in [3.63, 3.8) is 0 Å². The lowest BCUT2D eigenvalue weighted by molar-refractivity contribution is 0.577. The molecule has 0 amide bonds. The Morgan fingerprint density at radius 3 is 2.56 bits per heavy atom. The summed E-state index contributed by atoms with van der Waals surface area (Å²) in [5.74, 6) is 0.825. The van der Waals surface area contributed by atoms with Crippen LogP contribution in [0.4, 0.5) is 0 Å². The molecule has 1 aromatic carbocycles. The van der Waals surface area contributed by atoms with Crippen LogP contribution < -0.4 is 11.1 Å². The molecular formula is C14H20N2. The Morgan fingerprint density at radius 2 is 2.06 bits per heavy atom. The van der Waals surface area contributed by atoms with Crippen molar-refractivity contribution in [2.75, 3.05) is 13.1 Å². The molecule has 0 spiro atoms. The smallest absolute Gasteiger partial charge is 0.0446 e. The first-order chi connectivity index (χ1) is 7.85. The Hall–Kier alpha value is -1.12. The molecule has 1 aliphatic carbocycles. The molecule has 0 bridgehead atoms. The van der Waals surface area contributed by atoms with Crippen LogP contribution in [0.1, 0.15) is 35.9 Å². The fraction of sp³-hybridized carbons (Fsp3) is 0.429. The predicted octanol–water partition coefficient (Wildman–Crippen LogP) is 2.34. The summed E-state index contributed by atoms with van der Waals surface area (Å²) < 4.78 is 0. The molecule has 1 aromatic rings. The molecule has 0 aromatic heterocycles. The minimum atomic E-state index is 0.242. The number of rotatable bonds is 6. The van der Waals surface area contributed by atoms with E-state index in [0.717, 1.165) is 12.5 Å². The number of hydrogen-bond donors (Lipinski definition) is 2. The van der Waals surface area contributed by atoms with Gasteiger partial charge in [0, 0.05) is 19.1 Å². The highest BCUT2D eigenvalue weighted by Gasteiger charge is 2.23. The van der Waals surface area contributed by atoms with Gasteiger partial charge in [-0.05, 0) is 29.9 Å². The molecule has 0 radical (unpaired) electrons. The molecule has 0 saturated heterocycles. The minimum Gasteiger partial charge on any atom is -0.329 e. The van der Waals surface area contributed by atoms with Crippen molar-refractivity contribution < 1.29 is 0 Å². The zero-order valence-corrected chi connectivity index (χ0v) is 9.65. The summed E-state index contributed by atoms with van der Waals surface area (Å²) in [5.41, 5.74) is 8.51. The molecule has 0 aliphatic heterocycles. The highest BCUT2D eigenvalue weighted by Crippen LogP contribution is 2.40. The molecule has 1 fully saturated rings. The second-order valence-electron chi connectivity index (χ2n) is 4.43. The van der Waals surface area contributed by atoms with E-state index in [2.05, 4.69) is 36.2 Å². The highest BCUT2D eigenvalue weighted by molar-refractivity contribution is 5.29. The van der Waals surface area contributed by atoms with Gasteiger partial charge in [0.15, 0.2) is 0 Å². The van der Waals surface area contributed by atoms with E-state index < -0.39 is 0 Å². The van der Waals surface area contributed by atoms with Gasteiger partial charge in [-0.3, -0.25) is 0 Å². The molecule has 86 valence electrons. The maximum Gasteiger partial charge on any atom is 0.0446 e. The lowest BCUT2D eigenvalue weighted by Gasteiger charge is -2.16. The first-order valence-electron chi connectivity index (χ1n) is 5.99. The molecule has 0 heterocycles. The Kier molecular flexibility index (Phi) is 3.75. The summed E-state index contributed by atoms with van der Waals surface area (Å²) in [4.78, 5) is 0. The van der Waals surface area contributed by atoms with Crippen molar-refractivity contribution in [3.05, 3.63) is 48.0 Å². The Balaban J connectivity index is 2.02. The van der Waals surface area contributed by atoms with Crippen LogP contribution in [-0.4, -0.2) is 13.1 Å². The second kappa shape index (κ2) is 5.28. The van der Waals surface area contributed by atoms with Crippen molar-refractivity contribution >= 4 is 0 Å². The van der Waals surface area contributed by atoms with Crippen LogP contribution in [0.5, 0.6) is 0 Å². The van der Waals surface area contributed by atoms with Crippen molar-refractivity contribution in [3.8, 4) is 0 Å². The van der Waals surface area contributed by atoms with Gasteiger partial charge in [-0.2, -0.15) is 0 Å². The Morgan fingerprint density at radius 1 is 1.38 bits per heavy atom. The molecule has 1 aliphatic rings. The summed E-state index contributed by atoms with van der Waals surface area (Å²) in [6, 6.07) is 9.12. The number of nitrogens with two attached hydrogens (primary N) is 1. The third-order valence-electron chi connectivity index (χ3n) is 3.13. The van der Waals surface area contributed by atoms with Crippen molar-refractivity contribution in [2.24, 2.45) is 5.73 Å². The summed E-state index contributed by atoms with van der Waals surface area (Å²) in [5, 5.41) is 3.36. The monoisotopic (exact) mass is 216 g/mol. The van der Waals surface area contributed by atoms with Crippen LogP contribution in [-0.2, 0) is 0 Å². The third kappa shape index (κ3) is 2.71. The van der Waals surface area contributed by atoms with Gasteiger partial charge < -0.3 is 11.1 Å². The molecular weight excluding hydrogens is 196 g/mol. The van der Waals surface area contributed by atoms with E-state index in [0.29, 0.717) is 6.54 Å². The van der Waals surface area contributed by atoms with Gasteiger partial charge in [0.05, 0.1) is 0 Å². The normalized spacial score (nSPS) is 17.1. The van der Waals surface area contributed by atoms with Crippen LogP contribution in [0.2, 0.25) is 0 Å². The Labute approximate surface area is 97.5 Å². The second-order valence-corrected chi connectivity index (χ2v) is 4.43. The number of benzene rings is 1. The average molecular weight is 216 g/mol. The average Bonchev–Trinajstić information content (AvgIpc) is 3.15. The van der Waals surface area contributed by atoms with E-state index in [9.17, 15) is 0 Å². The SMILES string of the molecule is C=CCNC(CN)c1ccc(C2CC2)cc1. The van der Waals surface area contributed by atoms with Crippen LogP contribution in [0.25, 0.3) is 0 Å². The van der Waals surface area contributed by atoms with Gasteiger partial charge in [0.1, 0.15) is 0 Å². The molecule has 1 unspecified atom stereocenters. The van der Waals surface area contributed by atoms with Gasteiger partial charge >= 0.3 is 0 Å². The first kappa shape index (κ1) is 11.4. The zero-order valence-electron chi connectivity index (χ0n) is 9.65. The third-order valence-corrected chi connectivity index (χ3v) is 3.13. The highest BCUT2D eigenvalue weighted by atomic mass is 14.9. The lowest BCUT2D eigenvalue weighted by Crippen LogP contribution is -2.28. The predicted molar refractivity (Wildman–Crippen MR) is 68.4 cm³/mol. The van der Waals surface area contributed by atoms with Crippen molar-refractivity contribution in [1.82, 2.24) is 5.32 Å². The first-order valence-corrected chi connectivity index (χ1v) is 5.99. The fourth-order valence-corrected chi connectivity index (χ4v) is 1.98. The van der Waals surface area contributed by atoms with Crippen LogP contribution in [0.3, 0.4) is 0 Å². The lowest BCUT2D eigenvalue weighted by atomic mass is 10.0. The molecule has 1 saturated carbocycles. The number of nitrogens with one attached hydrogen (secondary N) is 1. The van der Waals surface area contributed by atoms with Gasteiger partial charge in [-0.1, -0.05) is 30.3 Å². The molecule has 2 heteroatoms. The quantitative estimate of drug-likeness (QED) is 0.716. The molecule has 2 nitrogen and oxygen atoms in total. The van der Waals surface area contributed by atoms with E-state index in [1.807, 2.05) is 6.08 Å². The summed E-state index contributed by atoms with van der Waals surface area (Å²) in [6.07, 6.45) is 4.57. The van der Waals surface area contributed by atoms with Gasteiger partial charge in [0.2, 0.25) is 0 Å². The van der Waals surface area contributed by atoms with E-state index in [-0.39, 0.29) is 6.04 Å². The largest absolute Gasteiger partial charge is 0.329 e. The van der Waals surface area contributed by atoms with Gasteiger partial charge in [-0.25, -0.2) is 0 Å². The maximum absolute atomic E-state index is 5.76. The van der Waals surface area contributed by atoms with Crippen LogP contribution in [0, 0.1) is 0 Å². The molecule has 2 rings (SSSR count). The topological polar surface area (TPSA) is 38.0 Å². The van der Waals surface area contributed by atoms with Gasteiger partial charge in [-0.15, -0.1) is 6.58 Å². The summed E-state index contributed by atoms with van der Waals surface area (Å²) >= 11 is 0.